The zero-order valence-electron chi connectivity index (χ0n) is 11.7. The highest BCUT2D eigenvalue weighted by molar-refractivity contribution is 8.01. The van der Waals surface area contributed by atoms with Gasteiger partial charge in [0.25, 0.3) is 0 Å². The van der Waals surface area contributed by atoms with Crippen LogP contribution < -0.4 is 10.2 Å². The Kier molecular flexibility index (Phi) is 3.83. The van der Waals surface area contributed by atoms with Crippen LogP contribution in [0.4, 0.5) is 5.95 Å². The zero-order valence-corrected chi connectivity index (χ0v) is 12.5. The third-order valence-corrected chi connectivity index (χ3v) is 5.55. The molecule has 2 fully saturated rings. The van der Waals surface area contributed by atoms with Gasteiger partial charge in [-0.15, -0.1) is 11.8 Å². The number of hydrogen-bond acceptors (Lipinski definition) is 5. The van der Waals surface area contributed by atoms with E-state index >= 15 is 0 Å². The number of thioether (sulfide) groups is 1. The highest BCUT2D eigenvalue weighted by Gasteiger charge is 2.49. The van der Waals surface area contributed by atoms with E-state index in [0.717, 1.165) is 44.7 Å². The standard InChI is InChI=1S/C14H20N4OS/c1-20-14(5-6-14)12(19)17-11-3-9-18(10-4-11)13-15-7-2-8-16-13/h2,7-8,11H,3-6,9-10H2,1H3,(H,17,19). The molecule has 0 unspecified atom stereocenters. The van der Waals surface area contributed by atoms with Gasteiger partial charge in [0, 0.05) is 31.5 Å². The maximum atomic E-state index is 12.2. The number of hydrogen-bond donors (Lipinski definition) is 1. The van der Waals surface area contributed by atoms with E-state index in [1.807, 2.05) is 12.3 Å². The molecule has 3 rings (SSSR count). The van der Waals surface area contributed by atoms with Crippen molar-refractivity contribution in [3.8, 4) is 0 Å². The van der Waals surface area contributed by atoms with Crippen molar-refractivity contribution in [2.45, 2.75) is 36.5 Å². The molecule has 108 valence electrons. The molecule has 1 aromatic rings. The average Bonchev–Trinajstić information content (AvgIpc) is 3.30. The average molecular weight is 292 g/mol. The predicted molar refractivity (Wildman–Crippen MR) is 80.9 cm³/mol. The number of nitrogens with one attached hydrogen (secondary N) is 1. The lowest BCUT2D eigenvalue weighted by Crippen LogP contribution is -2.48. The van der Waals surface area contributed by atoms with Gasteiger partial charge in [0.1, 0.15) is 0 Å². The molecule has 0 aromatic carbocycles. The predicted octanol–water partition coefficient (Wildman–Crippen LogP) is 1.46. The van der Waals surface area contributed by atoms with Crippen molar-refractivity contribution in [3.63, 3.8) is 0 Å². The smallest absolute Gasteiger partial charge is 0.236 e. The number of anilines is 1. The minimum atomic E-state index is -0.111. The Balaban J connectivity index is 1.50. The van der Waals surface area contributed by atoms with Gasteiger partial charge in [0.2, 0.25) is 11.9 Å². The van der Waals surface area contributed by atoms with E-state index in [0.29, 0.717) is 6.04 Å². The first kappa shape index (κ1) is 13.7. The fourth-order valence-corrected chi connectivity index (χ4v) is 3.39. The summed E-state index contributed by atoms with van der Waals surface area (Å²) in [7, 11) is 0. The molecular weight excluding hydrogens is 272 g/mol. The van der Waals surface area contributed by atoms with Crippen LogP contribution in [0.3, 0.4) is 0 Å². The number of nitrogens with zero attached hydrogens (tertiary/aromatic N) is 3. The molecule has 1 saturated heterocycles. The molecule has 5 nitrogen and oxygen atoms in total. The van der Waals surface area contributed by atoms with E-state index in [1.165, 1.54) is 0 Å². The molecule has 0 radical (unpaired) electrons. The topological polar surface area (TPSA) is 58.1 Å². The van der Waals surface area contributed by atoms with Crippen LogP contribution in [0.5, 0.6) is 0 Å². The number of carbonyl (C=O) groups excluding carboxylic acids is 1. The minimum absolute atomic E-state index is 0.111. The molecule has 2 heterocycles. The van der Waals surface area contributed by atoms with Crippen molar-refractivity contribution >= 4 is 23.6 Å². The SMILES string of the molecule is CSC1(C(=O)NC2CCN(c3ncccn3)CC2)CC1. The summed E-state index contributed by atoms with van der Waals surface area (Å²) in [5.41, 5.74) is 0. The van der Waals surface area contributed by atoms with Crippen molar-refractivity contribution in [1.29, 1.82) is 0 Å². The second-order valence-corrected chi connectivity index (χ2v) is 6.67. The summed E-state index contributed by atoms with van der Waals surface area (Å²) in [5, 5.41) is 3.22. The monoisotopic (exact) mass is 292 g/mol. The van der Waals surface area contributed by atoms with Crippen LogP contribution in [-0.4, -0.2) is 46.0 Å². The van der Waals surface area contributed by atoms with E-state index in [1.54, 1.807) is 24.2 Å². The second-order valence-electron chi connectivity index (χ2n) is 5.48. The third-order valence-electron chi connectivity index (χ3n) is 4.17. The van der Waals surface area contributed by atoms with Gasteiger partial charge in [-0.2, -0.15) is 0 Å². The van der Waals surface area contributed by atoms with Crippen LogP contribution in [0.15, 0.2) is 18.5 Å². The van der Waals surface area contributed by atoms with E-state index in [2.05, 4.69) is 20.2 Å². The molecule has 1 aliphatic heterocycles. The van der Waals surface area contributed by atoms with Crippen LogP contribution in [0.25, 0.3) is 0 Å². The van der Waals surface area contributed by atoms with E-state index in [9.17, 15) is 4.79 Å². The van der Waals surface area contributed by atoms with Crippen LogP contribution >= 0.6 is 11.8 Å². The summed E-state index contributed by atoms with van der Waals surface area (Å²) < 4.78 is -0.111. The lowest BCUT2D eigenvalue weighted by Gasteiger charge is -2.32. The maximum absolute atomic E-state index is 12.2. The van der Waals surface area contributed by atoms with Crippen LogP contribution in [-0.2, 0) is 4.79 Å². The Morgan fingerprint density at radius 3 is 2.55 bits per heavy atom. The number of aromatic nitrogens is 2. The lowest BCUT2D eigenvalue weighted by molar-refractivity contribution is -0.122. The molecule has 1 saturated carbocycles. The Morgan fingerprint density at radius 2 is 2.00 bits per heavy atom. The molecule has 1 aliphatic carbocycles. The van der Waals surface area contributed by atoms with Crippen LogP contribution in [0.1, 0.15) is 25.7 Å². The van der Waals surface area contributed by atoms with Crippen LogP contribution in [0.2, 0.25) is 0 Å². The number of carbonyl (C=O) groups is 1. The zero-order chi connectivity index (χ0) is 14.0. The quantitative estimate of drug-likeness (QED) is 0.910. The molecule has 1 aromatic heterocycles. The number of piperidine rings is 1. The molecule has 0 atom stereocenters. The van der Waals surface area contributed by atoms with Gasteiger partial charge in [-0.05, 0) is 38.0 Å². The fourth-order valence-electron chi connectivity index (χ4n) is 2.63. The van der Waals surface area contributed by atoms with Crippen molar-refractivity contribution in [2.75, 3.05) is 24.2 Å². The van der Waals surface area contributed by atoms with Gasteiger partial charge in [-0.3, -0.25) is 4.79 Å². The summed E-state index contributed by atoms with van der Waals surface area (Å²) in [6.07, 6.45) is 9.55. The third kappa shape index (κ3) is 2.75. The molecule has 6 heteroatoms. The molecular formula is C14H20N4OS. The Labute approximate surface area is 123 Å². The summed E-state index contributed by atoms with van der Waals surface area (Å²) in [6, 6.07) is 2.13. The minimum Gasteiger partial charge on any atom is -0.352 e. The van der Waals surface area contributed by atoms with Crippen molar-refractivity contribution in [1.82, 2.24) is 15.3 Å². The van der Waals surface area contributed by atoms with Crippen molar-refractivity contribution in [3.05, 3.63) is 18.5 Å². The number of rotatable bonds is 4. The van der Waals surface area contributed by atoms with E-state index in [4.69, 9.17) is 0 Å². The maximum Gasteiger partial charge on any atom is 0.236 e. The second kappa shape index (κ2) is 5.60. The van der Waals surface area contributed by atoms with Gasteiger partial charge in [0.15, 0.2) is 0 Å². The van der Waals surface area contributed by atoms with Gasteiger partial charge in [-0.25, -0.2) is 9.97 Å². The molecule has 20 heavy (non-hydrogen) atoms. The molecule has 2 aliphatic rings. The number of amides is 1. The van der Waals surface area contributed by atoms with Crippen molar-refractivity contribution in [2.24, 2.45) is 0 Å². The summed E-state index contributed by atoms with van der Waals surface area (Å²) in [4.78, 5) is 22.9. The highest BCUT2D eigenvalue weighted by atomic mass is 32.2. The fraction of sp³-hybridized carbons (Fsp3) is 0.643. The van der Waals surface area contributed by atoms with Gasteiger partial charge < -0.3 is 10.2 Å². The summed E-state index contributed by atoms with van der Waals surface area (Å²) >= 11 is 1.69. The Morgan fingerprint density at radius 1 is 1.35 bits per heavy atom. The molecule has 0 spiro atoms. The van der Waals surface area contributed by atoms with Gasteiger partial charge in [-0.1, -0.05) is 0 Å². The normalized spacial score (nSPS) is 21.6. The van der Waals surface area contributed by atoms with E-state index in [-0.39, 0.29) is 10.7 Å². The lowest BCUT2D eigenvalue weighted by atomic mass is 10.1. The van der Waals surface area contributed by atoms with Crippen molar-refractivity contribution < 1.29 is 4.79 Å². The molecule has 1 N–H and O–H groups in total. The molecule has 1 amide bonds. The summed E-state index contributed by atoms with van der Waals surface area (Å²) in [6.45, 7) is 1.81. The van der Waals surface area contributed by atoms with Gasteiger partial charge in [0.05, 0.1) is 4.75 Å². The Bertz CT molecular complexity index is 469. The first-order valence-electron chi connectivity index (χ1n) is 7.12. The molecule has 0 bridgehead atoms. The Hall–Kier alpha value is -1.30. The highest BCUT2D eigenvalue weighted by Crippen LogP contribution is 2.47. The largest absolute Gasteiger partial charge is 0.352 e. The van der Waals surface area contributed by atoms with Crippen LogP contribution in [0, 0.1) is 0 Å². The summed E-state index contributed by atoms with van der Waals surface area (Å²) in [5.74, 6) is 1.03. The first-order valence-corrected chi connectivity index (χ1v) is 8.34. The van der Waals surface area contributed by atoms with E-state index < -0.39 is 0 Å². The van der Waals surface area contributed by atoms with Gasteiger partial charge >= 0.3 is 0 Å². The first-order chi connectivity index (χ1) is 9.73.